The molecule has 0 aliphatic carbocycles. The molecule has 0 saturated heterocycles. The van der Waals surface area contributed by atoms with E-state index in [1.54, 1.807) is 19.2 Å². The third-order valence-corrected chi connectivity index (χ3v) is 5.83. The number of ketones is 1. The Morgan fingerprint density at radius 2 is 1.62 bits per heavy atom. The van der Waals surface area contributed by atoms with Gasteiger partial charge in [0.2, 0.25) is 0 Å². The Hall–Kier alpha value is -3.66. The quantitative estimate of drug-likeness (QED) is 0.341. The highest BCUT2D eigenvalue weighted by Gasteiger charge is 2.43. The fourth-order valence-electron chi connectivity index (χ4n) is 4.33. The van der Waals surface area contributed by atoms with E-state index in [2.05, 4.69) is 0 Å². The lowest BCUT2D eigenvalue weighted by Gasteiger charge is -2.34. The first kappa shape index (κ1) is 21.6. The van der Waals surface area contributed by atoms with Crippen molar-refractivity contribution in [1.29, 1.82) is 0 Å². The van der Waals surface area contributed by atoms with Crippen LogP contribution in [-0.2, 0) is 9.53 Å². The van der Waals surface area contributed by atoms with E-state index in [-0.39, 0.29) is 11.8 Å². The minimum Gasteiger partial charge on any atom is -0.497 e. The van der Waals surface area contributed by atoms with E-state index in [1.165, 1.54) is 0 Å². The van der Waals surface area contributed by atoms with E-state index in [9.17, 15) is 9.59 Å². The predicted octanol–water partition coefficient (Wildman–Crippen LogP) is 6.05. The molecule has 32 heavy (non-hydrogen) atoms. The SMILES string of the molecule is CCC[C@H]1C(=O)OC(c2ccccc2)=C(C(=O)c2ccccc2)[C@H]1c1cccc(OC)c1. The van der Waals surface area contributed by atoms with E-state index in [1.807, 2.05) is 79.7 Å². The highest BCUT2D eigenvalue weighted by molar-refractivity contribution is 6.15. The summed E-state index contributed by atoms with van der Waals surface area (Å²) >= 11 is 0. The molecule has 0 amide bonds. The molecule has 2 atom stereocenters. The summed E-state index contributed by atoms with van der Waals surface area (Å²) in [5.74, 6) is -0.306. The fourth-order valence-corrected chi connectivity index (χ4v) is 4.33. The minimum absolute atomic E-state index is 0.133. The fraction of sp³-hybridized carbons (Fsp3) is 0.214. The summed E-state index contributed by atoms with van der Waals surface area (Å²) < 4.78 is 11.3. The van der Waals surface area contributed by atoms with Gasteiger partial charge in [0.1, 0.15) is 11.5 Å². The number of rotatable bonds is 7. The Labute approximate surface area is 188 Å². The zero-order valence-corrected chi connectivity index (χ0v) is 18.3. The van der Waals surface area contributed by atoms with Crippen LogP contribution in [-0.4, -0.2) is 18.9 Å². The van der Waals surface area contributed by atoms with Crippen molar-refractivity contribution < 1.29 is 19.1 Å². The standard InChI is InChI=1S/C28H26O4/c1-3-11-23-24(21-16-10-17-22(18-21)31-2)25(26(29)19-12-6-4-7-13-19)27(32-28(23)30)20-14-8-5-9-15-20/h4-10,12-18,23-24H,3,11H2,1-2H3/t23-,24+/m1/s1. The number of allylic oxidation sites excluding steroid dienone is 1. The van der Waals surface area contributed by atoms with Crippen molar-refractivity contribution in [3.05, 3.63) is 107 Å². The van der Waals surface area contributed by atoms with Gasteiger partial charge >= 0.3 is 5.97 Å². The van der Waals surface area contributed by atoms with Gasteiger partial charge in [0.15, 0.2) is 5.78 Å². The lowest BCUT2D eigenvalue weighted by Crippen LogP contribution is -2.33. The van der Waals surface area contributed by atoms with Crippen molar-refractivity contribution >= 4 is 17.5 Å². The average molecular weight is 427 g/mol. The monoisotopic (exact) mass is 426 g/mol. The maximum atomic E-state index is 13.9. The summed E-state index contributed by atoms with van der Waals surface area (Å²) in [6.45, 7) is 2.03. The molecule has 3 aromatic rings. The summed E-state index contributed by atoms with van der Waals surface area (Å²) in [6, 6.07) is 26.1. The zero-order chi connectivity index (χ0) is 22.5. The van der Waals surface area contributed by atoms with E-state index in [0.717, 1.165) is 12.0 Å². The number of hydrogen-bond acceptors (Lipinski definition) is 4. The summed E-state index contributed by atoms with van der Waals surface area (Å²) in [5, 5.41) is 0. The van der Waals surface area contributed by atoms with Crippen molar-refractivity contribution in [3.8, 4) is 5.75 Å². The number of carbonyl (C=O) groups excluding carboxylic acids is 2. The molecule has 0 saturated carbocycles. The molecule has 162 valence electrons. The van der Waals surface area contributed by atoms with E-state index in [0.29, 0.717) is 34.6 Å². The summed E-state index contributed by atoms with van der Waals surface area (Å²) in [5.41, 5.74) is 2.65. The second kappa shape index (κ2) is 9.65. The number of hydrogen-bond donors (Lipinski definition) is 0. The molecule has 0 radical (unpaired) electrons. The molecule has 4 heteroatoms. The normalized spacial score (nSPS) is 18.2. The van der Waals surface area contributed by atoms with Gasteiger partial charge < -0.3 is 9.47 Å². The third-order valence-electron chi connectivity index (χ3n) is 5.83. The Bertz CT molecular complexity index is 1130. The minimum atomic E-state index is -0.456. The van der Waals surface area contributed by atoms with Crippen molar-refractivity contribution in [1.82, 2.24) is 0 Å². The Morgan fingerprint density at radius 3 is 2.28 bits per heavy atom. The smallest absolute Gasteiger partial charge is 0.315 e. The molecule has 1 heterocycles. The average Bonchev–Trinajstić information content (AvgIpc) is 2.85. The van der Waals surface area contributed by atoms with Crippen LogP contribution < -0.4 is 4.74 Å². The molecule has 0 spiro atoms. The molecule has 0 N–H and O–H groups in total. The first-order valence-corrected chi connectivity index (χ1v) is 10.9. The molecular weight excluding hydrogens is 400 g/mol. The van der Waals surface area contributed by atoms with Gasteiger partial charge in [-0.25, -0.2) is 0 Å². The first-order chi connectivity index (χ1) is 15.6. The third kappa shape index (κ3) is 4.22. The second-order valence-electron chi connectivity index (χ2n) is 7.87. The molecule has 1 aliphatic rings. The van der Waals surface area contributed by atoms with Gasteiger partial charge in [0.25, 0.3) is 0 Å². The molecule has 1 aliphatic heterocycles. The van der Waals surface area contributed by atoms with Crippen LogP contribution >= 0.6 is 0 Å². The Morgan fingerprint density at radius 1 is 0.938 bits per heavy atom. The van der Waals surface area contributed by atoms with Crippen LogP contribution in [0.2, 0.25) is 0 Å². The number of ether oxygens (including phenoxy) is 2. The van der Waals surface area contributed by atoms with Crippen molar-refractivity contribution in [2.24, 2.45) is 5.92 Å². The number of cyclic esters (lactones) is 1. The summed E-state index contributed by atoms with van der Waals surface area (Å²) in [6.07, 6.45) is 1.42. The van der Waals surface area contributed by atoms with Crippen LogP contribution in [0, 0.1) is 5.92 Å². The number of carbonyl (C=O) groups is 2. The molecule has 3 aromatic carbocycles. The second-order valence-corrected chi connectivity index (χ2v) is 7.87. The lowest BCUT2D eigenvalue weighted by atomic mass is 9.73. The summed E-state index contributed by atoms with van der Waals surface area (Å²) in [4.78, 5) is 27.1. The van der Waals surface area contributed by atoms with Gasteiger partial charge in [-0.2, -0.15) is 0 Å². The number of methoxy groups -OCH3 is 1. The van der Waals surface area contributed by atoms with Crippen molar-refractivity contribution in [3.63, 3.8) is 0 Å². The number of esters is 1. The van der Waals surface area contributed by atoms with Crippen molar-refractivity contribution in [2.45, 2.75) is 25.7 Å². The van der Waals surface area contributed by atoms with Crippen LogP contribution in [0.5, 0.6) is 5.75 Å². The topological polar surface area (TPSA) is 52.6 Å². The van der Waals surface area contributed by atoms with Gasteiger partial charge in [0, 0.05) is 17.0 Å². The van der Waals surface area contributed by atoms with Gasteiger partial charge in [-0.15, -0.1) is 0 Å². The summed E-state index contributed by atoms with van der Waals surface area (Å²) in [7, 11) is 1.61. The van der Waals surface area contributed by atoms with Crippen LogP contribution in [0.3, 0.4) is 0 Å². The Balaban J connectivity index is 1.99. The predicted molar refractivity (Wildman–Crippen MR) is 124 cm³/mol. The van der Waals surface area contributed by atoms with Crippen LogP contribution in [0.25, 0.3) is 5.76 Å². The maximum Gasteiger partial charge on any atom is 0.315 e. The maximum absolute atomic E-state index is 13.9. The van der Waals surface area contributed by atoms with Crippen LogP contribution in [0.15, 0.2) is 90.5 Å². The molecule has 0 bridgehead atoms. The van der Waals surface area contributed by atoms with Crippen LogP contribution in [0.1, 0.15) is 47.2 Å². The molecule has 0 fully saturated rings. The van der Waals surface area contributed by atoms with E-state index < -0.39 is 11.8 Å². The van der Waals surface area contributed by atoms with E-state index in [4.69, 9.17) is 9.47 Å². The molecular formula is C28H26O4. The highest BCUT2D eigenvalue weighted by Crippen LogP contribution is 2.45. The molecule has 4 rings (SSSR count). The Kier molecular flexibility index (Phi) is 6.50. The van der Waals surface area contributed by atoms with Gasteiger partial charge in [-0.05, 0) is 24.1 Å². The van der Waals surface area contributed by atoms with E-state index >= 15 is 0 Å². The lowest BCUT2D eigenvalue weighted by molar-refractivity contribution is -0.143. The van der Waals surface area contributed by atoms with Crippen LogP contribution in [0.4, 0.5) is 0 Å². The first-order valence-electron chi connectivity index (χ1n) is 10.9. The number of benzene rings is 3. The number of Topliss-reactive ketones (excluding diaryl/α,β-unsaturated/α-hetero) is 1. The highest BCUT2D eigenvalue weighted by atomic mass is 16.5. The van der Waals surface area contributed by atoms with Gasteiger partial charge in [0.05, 0.1) is 18.6 Å². The zero-order valence-electron chi connectivity index (χ0n) is 18.3. The largest absolute Gasteiger partial charge is 0.497 e. The van der Waals surface area contributed by atoms with Crippen molar-refractivity contribution in [2.75, 3.05) is 7.11 Å². The molecule has 0 unspecified atom stereocenters. The van der Waals surface area contributed by atoms with Gasteiger partial charge in [-0.1, -0.05) is 86.1 Å². The molecule has 4 nitrogen and oxygen atoms in total. The molecule has 0 aromatic heterocycles. The van der Waals surface area contributed by atoms with Gasteiger partial charge in [-0.3, -0.25) is 9.59 Å².